The van der Waals surface area contributed by atoms with Gasteiger partial charge in [0.15, 0.2) is 0 Å². The van der Waals surface area contributed by atoms with Gasteiger partial charge in [-0.15, -0.1) is 0 Å². The molecule has 1 heterocycles. The molecule has 1 fully saturated rings. The van der Waals surface area contributed by atoms with Gasteiger partial charge in [0.25, 0.3) is 0 Å². The average molecular weight is 354 g/mol. The minimum atomic E-state index is -0.0210. The van der Waals surface area contributed by atoms with Gasteiger partial charge in [0.1, 0.15) is 11.5 Å². The van der Waals surface area contributed by atoms with Crippen molar-refractivity contribution in [2.45, 2.75) is 25.8 Å². The molecule has 0 radical (unpaired) electrons. The number of anilines is 1. The van der Waals surface area contributed by atoms with Crippen LogP contribution in [0.15, 0.2) is 48.5 Å². The van der Waals surface area contributed by atoms with Gasteiger partial charge in [0, 0.05) is 6.04 Å². The molecule has 138 valence electrons. The van der Waals surface area contributed by atoms with Crippen LogP contribution in [0.5, 0.6) is 11.5 Å². The van der Waals surface area contributed by atoms with Gasteiger partial charge in [-0.05, 0) is 56.1 Å². The van der Waals surface area contributed by atoms with Crippen molar-refractivity contribution in [1.82, 2.24) is 4.90 Å². The van der Waals surface area contributed by atoms with Crippen molar-refractivity contribution in [2.75, 3.05) is 32.1 Å². The van der Waals surface area contributed by atoms with Gasteiger partial charge in [-0.25, -0.2) is 0 Å². The number of nitrogens with one attached hydrogen (secondary N) is 1. The second kappa shape index (κ2) is 8.72. The monoisotopic (exact) mass is 354 g/mol. The number of amides is 1. The maximum Gasteiger partial charge on any atom is 0.238 e. The van der Waals surface area contributed by atoms with Crippen molar-refractivity contribution in [1.29, 1.82) is 0 Å². The predicted octanol–water partition coefficient (Wildman–Crippen LogP) is 3.87. The molecule has 2 aromatic rings. The Morgan fingerprint density at radius 2 is 1.96 bits per heavy atom. The van der Waals surface area contributed by atoms with Gasteiger partial charge in [-0.1, -0.05) is 24.3 Å². The summed E-state index contributed by atoms with van der Waals surface area (Å²) in [6, 6.07) is 16.0. The SMILES string of the molecule is CCOc1ccc(C2CCCN2CC(=O)Nc2ccccc2OC)cc1. The van der Waals surface area contributed by atoms with E-state index in [1.165, 1.54) is 5.56 Å². The van der Waals surface area contributed by atoms with Crippen LogP contribution in [-0.2, 0) is 4.79 Å². The molecule has 5 heteroatoms. The van der Waals surface area contributed by atoms with Gasteiger partial charge in [0.05, 0.1) is 25.9 Å². The molecule has 2 aromatic carbocycles. The zero-order chi connectivity index (χ0) is 18.4. The number of para-hydroxylation sites is 2. The first-order valence-electron chi connectivity index (χ1n) is 9.11. The Kier molecular flexibility index (Phi) is 6.12. The van der Waals surface area contributed by atoms with Crippen molar-refractivity contribution in [2.24, 2.45) is 0 Å². The second-order valence-corrected chi connectivity index (χ2v) is 6.38. The largest absolute Gasteiger partial charge is 0.495 e. The maximum atomic E-state index is 12.5. The van der Waals surface area contributed by atoms with E-state index >= 15 is 0 Å². The van der Waals surface area contributed by atoms with Crippen molar-refractivity contribution in [3.05, 3.63) is 54.1 Å². The topological polar surface area (TPSA) is 50.8 Å². The molecule has 1 N–H and O–H groups in total. The van der Waals surface area contributed by atoms with E-state index in [-0.39, 0.29) is 11.9 Å². The number of methoxy groups -OCH3 is 1. The Bertz CT molecular complexity index is 730. The molecule has 0 aliphatic carbocycles. The van der Waals surface area contributed by atoms with Gasteiger partial charge in [0.2, 0.25) is 5.91 Å². The predicted molar refractivity (Wildman–Crippen MR) is 103 cm³/mol. The normalized spacial score (nSPS) is 17.1. The lowest BCUT2D eigenvalue weighted by molar-refractivity contribution is -0.117. The molecule has 1 aliphatic heterocycles. The van der Waals surface area contributed by atoms with Gasteiger partial charge < -0.3 is 14.8 Å². The number of benzene rings is 2. The molecule has 26 heavy (non-hydrogen) atoms. The molecule has 5 nitrogen and oxygen atoms in total. The molecule has 1 amide bonds. The van der Waals surface area contributed by atoms with Crippen LogP contribution in [0.3, 0.4) is 0 Å². The molecule has 0 spiro atoms. The summed E-state index contributed by atoms with van der Waals surface area (Å²) < 4.78 is 10.8. The number of likely N-dealkylation sites (tertiary alicyclic amines) is 1. The number of carbonyl (C=O) groups is 1. The first-order valence-corrected chi connectivity index (χ1v) is 9.11. The molecule has 3 rings (SSSR count). The van der Waals surface area contributed by atoms with E-state index in [0.29, 0.717) is 24.6 Å². The van der Waals surface area contributed by atoms with E-state index in [9.17, 15) is 4.79 Å². The molecule has 1 atom stereocenters. The first-order chi connectivity index (χ1) is 12.7. The van der Waals surface area contributed by atoms with Crippen LogP contribution in [-0.4, -0.2) is 37.6 Å². The van der Waals surface area contributed by atoms with Crippen LogP contribution in [0.2, 0.25) is 0 Å². The summed E-state index contributed by atoms with van der Waals surface area (Å²) in [6.07, 6.45) is 2.16. The van der Waals surface area contributed by atoms with E-state index in [2.05, 4.69) is 22.3 Å². The highest BCUT2D eigenvalue weighted by atomic mass is 16.5. The number of carbonyl (C=O) groups excluding carboxylic acids is 1. The van der Waals surface area contributed by atoms with Crippen LogP contribution in [0.4, 0.5) is 5.69 Å². The Balaban J connectivity index is 1.63. The first kappa shape index (κ1) is 18.3. The number of ether oxygens (including phenoxy) is 2. The molecule has 1 saturated heterocycles. The van der Waals surface area contributed by atoms with E-state index in [4.69, 9.17) is 9.47 Å². The molecule has 0 bridgehead atoms. The van der Waals surface area contributed by atoms with Crippen LogP contribution < -0.4 is 14.8 Å². The molecule has 1 unspecified atom stereocenters. The Labute approximate surface area is 154 Å². The molecular formula is C21H26N2O3. The fourth-order valence-electron chi connectivity index (χ4n) is 3.47. The van der Waals surface area contributed by atoms with Crippen LogP contribution in [0, 0.1) is 0 Å². The molecule has 0 saturated carbocycles. The number of nitrogens with zero attached hydrogens (tertiary/aromatic N) is 1. The van der Waals surface area contributed by atoms with Crippen molar-refractivity contribution in [3.63, 3.8) is 0 Å². The lowest BCUT2D eigenvalue weighted by Gasteiger charge is -2.24. The number of rotatable bonds is 7. The summed E-state index contributed by atoms with van der Waals surface area (Å²) >= 11 is 0. The van der Waals surface area contributed by atoms with E-state index < -0.39 is 0 Å². The summed E-state index contributed by atoms with van der Waals surface area (Å²) in [6.45, 7) is 3.94. The second-order valence-electron chi connectivity index (χ2n) is 6.38. The van der Waals surface area contributed by atoms with E-state index in [1.807, 2.05) is 43.3 Å². The van der Waals surface area contributed by atoms with Crippen LogP contribution in [0.25, 0.3) is 0 Å². The minimum absolute atomic E-state index is 0.0210. The Morgan fingerprint density at radius 3 is 2.69 bits per heavy atom. The Hall–Kier alpha value is -2.53. The van der Waals surface area contributed by atoms with Crippen molar-refractivity contribution >= 4 is 11.6 Å². The smallest absolute Gasteiger partial charge is 0.238 e. The minimum Gasteiger partial charge on any atom is -0.495 e. The summed E-state index contributed by atoms with van der Waals surface area (Å²) in [4.78, 5) is 14.8. The highest BCUT2D eigenvalue weighted by molar-refractivity contribution is 5.93. The summed E-state index contributed by atoms with van der Waals surface area (Å²) in [5.41, 5.74) is 1.94. The average Bonchev–Trinajstić information content (AvgIpc) is 3.11. The number of hydrogen-bond acceptors (Lipinski definition) is 4. The van der Waals surface area contributed by atoms with Gasteiger partial charge in [-0.2, -0.15) is 0 Å². The summed E-state index contributed by atoms with van der Waals surface area (Å²) in [7, 11) is 1.60. The third-order valence-electron chi connectivity index (χ3n) is 4.67. The molecule has 0 aromatic heterocycles. The van der Waals surface area contributed by atoms with Crippen molar-refractivity contribution in [3.8, 4) is 11.5 Å². The summed E-state index contributed by atoms with van der Waals surface area (Å²) in [5.74, 6) is 1.53. The lowest BCUT2D eigenvalue weighted by Crippen LogP contribution is -2.33. The highest BCUT2D eigenvalue weighted by Crippen LogP contribution is 2.32. The molecular weight excluding hydrogens is 328 g/mol. The third kappa shape index (κ3) is 4.35. The van der Waals surface area contributed by atoms with E-state index in [1.54, 1.807) is 7.11 Å². The quantitative estimate of drug-likeness (QED) is 0.820. The molecule has 1 aliphatic rings. The maximum absolute atomic E-state index is 12.5. The zero-order valence-corrected chi connectivity index (χ0v) is 15.4. The fraction of sp³-hybridized carbons (Fsp3) is 0.381. The summed E-state index contributed by atoms with van der Waals surface area (Å²) in [5, 5.41) is 2.96. The Morgan fingerprint density at radius 1 is 1.19 bits per heavy atom. The zero-order valence-electron chi connectivity index (χ0n) is 15.4. The van der Waals surface area contributed by atoms with Crippen molar-refractivity contribution < 1.29 is 14.3 Å². The lowest BCUT2D eigenvalue weighted by atomic mass is 10.0. The highest BCUT2D eigenvalue weighted by Gasteiger charge is 2.27. The van der Waals surface area contributed by atoms with Gasteiger partial charge >= 0.3 is 0 Å². The number of hydrogen-bond donors (Lipinski definition) is 1. The van der Waals surface area contributed by atoms with Gasteiger partial charge in [-0.3, -0.25) is 9.69 Å². The standard InChI is InChI=1S/C21H26N2O3/c1-3-26-17-12-10-16(11-13-17)19-8-6-14-23(19)15-21(24)22-18-7-4-5-9-20(18)25-2/h4-5,7,9-13,19H,3,6,8,14-15H2,1-2H3,(H,22,24). The third-order valence-corrected chi connectivity index (χ3v) is 4.67. The van der Waals surface area contributed by atoms with Crippen LogP contribution >= 0.6 is 0 Å². The van der Waals surface area contributed by atoms with Crippen LogP contribution in [0.1, 0.15) is 31.4 Å². The fourth-order valence-corrected chi connectivity index (χ4v) is 3.47. The van der Waals surface area contributed by atoms with E-state index in [0.717, 1.165) is 25.1 Å².